The van der Waals surface area contributed by atoms with Crippen molar-refractivity contribution in [3.05, 3.63) is 29.4 Å². The van der Waals surface area contributed by atoms with Crippen LogP contribution in [0.25, 0.3) is 0 Å². The zero-order valence-electron chi connectivity index (χ0n) is 14.0. The predicted octanol–water partition coefficient (Wildman–Crippen LogP) is 2.68. The van der Waals surface area contributed by atoms with Crippen molar-refractivity contribution >= 4 is 39.0 Å². The summed E-state index contributed by atoms with van der Waals surface area (Å²) in [5.41, 5.74) is 2.03. The van der Waals surface area contributed by atoms with Crippen LogP contribution in [-0.2, 0) is 10.8 Å². The van der Waals surface area contributed by atoms with Crippen LogP contribution >= 0.6 is 11.3 Å². The van der Waals surface area contributed by atoms with Gasteiger partial charge in [-0.3, -0.25) is 14.3 Å². The molecule has 1 aliphatic carbocycles. The zero-order chi connectivity index (χ0) is 17.6. The normalized spacial score (nSPS) is 21.5. The maximum absolute atomic E-state index is 12.1. The van der Waals surface area contributed by atoms with Crippen LogP contribution in [0.2, 0.25) is 0 Å². The molecule has 0 spiro atoms. The molecule has 0 aromatic carbocycles. The molecule has 2 aromatic rings. The summed E-state index contributed by atoms with van der Waals surface area (Å²) in [5, 5.41) is 14.3. The number of aromatic nitrogens is 3. The Morgan fingerprint density at radius 1 is 1.40 bits per heavy atom. The maximum Gasteiger partial charge on any atom is 0.259 e. The standard InChI is InChI=1S/C16H21N5O2S2/c1-2-25(23)13-5-3-4-12(8-13)19-14-7-6-11(9-17-14)15(22)20-16-21-18-10-24-16/h6-7,9-10,12-13H,2-5,8H2,1H3,(H,17,19)(H,20,21,22). The third-order valence-corrected chi connectivity index (χ3v) is 6.59. The molecule has 25 heavy (non-hydrogen) atoms. The molecule has 3 atom stereocenters. The van der Waals surface area contributed by atoms with Crippen LogP contribution < -0.4 is 10.6 Å². The van der Waals surface area contributed by atoms with E-state index in [9.17, 15) is 9.00 Å². The minimum Gasteiger partial charge on any atom is -0.367 e. The molecule has 2 aromatic heterocycles. The molecule has 9 heteroatoms. The van der Waals surface area contributed by atoms with Gasteiger partial charge in [0.25, 0.3) is 5.91 Å². The summed E-state index contributed by atoms with van der Waals surface area (Å²) in [7, 11) is -0.741. The summed E-state index contributed by atoms with van der Waals surface area (Å²) in [6.45, 7) is 1.97. The maximum atomic E-state index is 12.1. The molecule has 0 bridgehead atoms. The van der Waals surface area contributed by atoms with Crippen molar-refractivity contribution in [2.24, 2.45) is 0 Å². The van der Waals surface area contributed by atoms with Gasteiger partial charge < -0.3 is 5.32 Å². The molecule has 0 radical (unpaired) electrons. The lowest BCUT2D eigenvalue weighted by Gasteiger charge is -2.29. The average Bonchev–Trinajstić information content (AvgIpc) is 3.15. The fourth-order valence-electron chi connectivity index (χ4n) is 2.97. The number of hydrogen-bond acceptors (Lipinski definition) is 7. The van der Waals surface area contributed by atoms with E-state index in [4.69, 9.17) is 0 Å². The molecule has 3 unspecified atom stereocenters. The monoisotopic (exact) mass is 379 g/mol. The van der Waals surface area contributed by atoms with Crippen molar-refractivity contribution in [3.63, 3.8) is 0 Å². The van der Waals surface area contributed by atoms with Crippen LogP contribution in [0.4, 0.5) is 10.9 Å². The van der Waals surface area contributed by atoms with E-state index in [-0.39, 0.29) is 17.2 Å². The van der Waals surface area contributed by atoms with E-state index in [0.717, 1.165) is 31.5 Å². The molecule has 1 saturated carbocycles. The van der Waals surface area contributed by atoms with Crippen LogP contribution in [0.15, 0.2) is 23.8 Å². The first-order valence-electron chi connectivity index (χ1n) is 8.33. The first-order chi connectivity index (χ1) is 12.2. The van der Waals surface area contributed by atoms with Gasteiger partial charge in [0.1, 0.15) is 11.3 Å². The number of nitrogens with one attached hydrogen (secondary N) is 2. The van der Waals surface area contributed by atoms with Crippen molar-refractivity contribution in [1.82, 2.24) is 15.2 Å². The highest BCUT2D eigenvalue weighted by atomic mass is 32.2. The molecule has 2 N–H and O–H groups in total. The summed E-state index contributed by atoms with van der Waals surface area (Å²) >= 11 is 1.26. The lowest BCUT2D eigenvalue weighted by atomic mass is 9.95. The quantitative estimate of drug-likeness (QED) is 0.801. The van der Waals surface area contributed by atoms with Crippen molar-refractivity contribution in [1.29, 1.82) is 0 Å². The largest absolute Gasteiger partial charge is 0.367 e. The summed E-state index contributed by atoms with van der Waals surface area (Å²) in [6.07, 6.45) is 5.62. The van der Waals surface area contributed by atoms with Crippen molar-refractivity contribution in [2.45, 2.75) is 43.9 Å². The van der Waals surface area contributed by atoms with Gasteiger partial charge in [0.05, 0.1) is 5.56 Å². The van der Waals surface area contributed by atoms with Gasteiger partial charge in [0.15, 0.2) is 0 Å². The molecule has 7 nitrogen and oxygen atoms in total. The van der Waals surface area contributed by atoms with E-state index in [1.54, 1.807) is 23.8 Å². The van der Waals surface area contributed by atoms with Crippen LogP contribution in [-0.4, -0.2) is 42.3 Å². The van der Waals surface area contributed by atoms with Crippen LogP contribution in [0.3, 0.4) is 0 Å². The molecule has 134 valence electrons. The van der Waals surface area contributed by atoms with E-state index >= 15 is 0 Å². The zero-order valence-corrected chi connectivity index (χ0v) is 15.6. The Labute approximate surface area is 153 Å². The predicted molar refractivity (Wildman–Crippen MR) is 100 cm³/mol. The van der Waals surface area contributed by atoms with Gasteiger partial charge in [-0.2, -0.15) is 0 Å². The van der Waals surface area contributed by atoms with Gasteiger partial charge in [-0.25, -0.2) is 4.98 Å². The summed E-state index contributed by atoms with van der Waals surface area (Å²) in [4.78, 5) is 16.4. The van der Waals surface area contributed by atoms with E-state index in [1.807, 2.05) is 6.92 Å². The minimum atomic E-state index is -0.741. The molecule has 1 fully saturated rings. The number of nitrogens with zero attached hydrogens (tertiary/aromatic N) is 3. The van der Waals surface area contributed by atoms with Gasteiger partial charge in [0, 0.05) is 34.0 Å². The van der Waals surface area contributed by atoms with Gasteiger partial charge in [-0.05, 0) is 31.4 Å². The molecular formula is C16H21N5O2S2. The lowest BCUT2D eigenvalue weighted by Crippen LogP contribution is -2.33. The third-order valence-electron chi connectivity index (χ3n) is 4.24. The number of rotatable bonds is 6. The second-order valence-electron chi connectivity index (χ2n) is 5.93. The third kappa shape index (κ3) is 4.82. The minimum absolute atomic E-state index is 0.258. The van der Waals surface area contributed by atoms with Crippen LogP contribution in [0, 0.1) is 0 Å². The van der Waals surface area contributed by atoms with Crippen LogP contribution in [0.5, 0.6) is 0 Å². The number of hydrogen-bond donors (Lipinski definition) is 2. The molecule has 0 aliphatic heterocycles. The summed E-state index contributed by atoms with van der Waals surface area (Å²) < 4.78 is 12.0. The van der Waals surface area contributed by atoms with Gasteiger partial charge in [0.2, 0.25) is 5.13 Å². The van der Waals surface area contributed by atoms with E-state index in [1.165, 1.54) is 11.3 Å². The van der Waals surface area contributed by atoms with E-state index < -0.39 is 10.8 Å². The molecule has 1 amide bonds. The highest BCUT2D eigenvalue weighted by Gasteiger charge is 2.25. The smallest absolute Gasteiger partial charge is 0.259 e. The Kier molecular flexibility index (Phi) is 6.09. The number of carbonyl (C=O) groups excluding carboxylic acids is 1. The molecular weight excluding hydrogens is 358 g/mol. The highest BCUT2D eigenvalue weighted by molar-refractivity contribution is 7.85. The highest BCUT2D eigenvalue weighted by Crippen LogP contribution is 2.25. The Hall–Kier alpha value is -1.87. The second-order valence-corrected chi connectivity index (χ2v) is 8.77. The fourth-order valence-corrected chi connectivity index (χ4v) is 4.76. The molecule has 0 saturated heterocycles. The van der Waals surface area contributed by atoms with E-state index in [0.29, 0.717) is 16.4 Å². The number of anilines is 2. The first-order valence-corrected chi connectivity index (χ1v) is 10.6. The lowest BCUT2D eigenvalue weighted by molar-refractivity contribution is 0.102. The topological polar surface area (TPSA) is 96.9 Å². The van der Waals surface area contributed by atoms with Gasteiger partial charge in [-0.1, -0.05) is 24.7 Å². The molecule has 1 aliphatic rings. The summed E-state index contributed by atoms with van der Waals surface area (Å²) in [5.74, 6) is 1.20. The average molecular weight is 380 g/mol. The number of amides is 1. The number of carbonyl (C=O) groups is 1. The Morgan fingerprint density at radius 2 is 2.28 bits per heavy atom. The second kappa shape index (κ2) is 8.48. The van der Waals surface area contributed by atoms with Gasteiger partial charge >= 0.3 is 0 Å². The van der Waals surface area contributed by atoms with Crippen molar-refractivity contribution < 1.29 is 9.00 Å². The van der Waals surface area contributed by atoms with Gasteiger partial charge in [-0.15, -0.1) is 10.2 Å². The summed E-state index contributed by atoms with van der Waals surface area (Å²) in [6, 6.07) is 3.81. The van der Waals surface area contributed by atoms with Crippen molar-refractivity contribution in [2.75, 3.05) is 16.4 Å². The SMILES string of the molecule is CCS(=O)C1CCCC(Nc2ccc(C(=O)Nc3nncs3)cn2)C1. The first kappa shape index (κ1) is 17.9. The molecule has 2 heterocycles. The molecule has 3 rings (SSSR count). The van der Waals surface area contributed by atoms with E-state index in [2.05, 4.69) is 25.8 Å². The number of pyridine rings is 1. The van der Waals surface area contributed by atoms with Crippen LogP contribution in [0.1, 0.15) is 43.0 Å². The Morgan fingerprint density at radius 3 is 2.96 bits per heavy atom. The van der Waals surface area contributed by atoms with Crippen molar-refractivity contribution in [3.8, 4) is 0 Å². The Balaban J connectivity index is 1.57. The fraction of sp³-hybridized carbons (Fsp3) is 0.500. The Bertz CT molecular complexity index is 721.